The van der Waals surface area contributed by atoms with Crippen LogP contribution in [0.15, 0.2) is 54.6 Å². The van der Waals surface area contributed by atoms with Crippen LogP contribution in [0.4, 0.5) is 0 Å². The van der Waals surface area contributed by atoms with Crippen molar-refractivity contribution in [3.05, 3.63) is 60.2 Å². The largest absolute Gasteiger partial charge is 0.393 e. The number of rotatable bonds is 4. The van der Waals surface area contributed by atoms with E-state index in [-0.39, 0.29) is 6.61 Å². The Hall–Kier alpha value is -1.68. The summed E-state index contributed by atoms with van der Waals surface area (Å²) in [5.41, 5.74) is 2.93. The maximum absolute atomic E-state index is 10.3. The summed E-state index contributed by atoms with van der Waals surface area (Å²) < 4.78 is 0. The van der Waals surface area contributed by atoms with E-state index in [1.54, 1.807) is 0 Å². The Balaban J connectivity index is 1.76. The van der Waals surface area contributed by atoms with Crippen LogP contribution in [0.5, 0.6) is 0 Å². The number of hydrogen-bond donors (Lipinski definition) is 2. The molecular formula is C20H25NO2. The third-order valence-corrected chi connectivity index (χ3v) is 4.80. The Morgan fingerprint density at radius 3 is 2.43 bits per heavy atom. The Bertz CT molecular complexity index is 629. The predicted molar refractivity (Wildman–Crippen MR) is 93.0 cm³/mol. The van der Waals surface area contributed by atoms with Crippen LogP contribution >= 0.6 is 0 Å². The number of aliphatic hydroxyl groups excluding tert-OH is 1. The molecule has 2 N–H and O–H groups in total. The Morgan fingerprint density at radius 2 is 1.65 bits per heavy atom. The minimum Gasteiger partial charge on any atom is -0.393 e. The molecule has 0 aliphatic carbocycles. The highest BCUT2D eigenvalue weighted by Crippen LogP contribution is 2.27. The van der Waals surface area contributed by atoms with Gasteiger partial charge in [-0.1, -0.05) is 54.6 Å². The van der Waals surface area contributed by atoms with Gasteiger partial charge >= 0.3 is 0 Å². The molecular weight excluding hydrogens is 286 g/mol. The summed E-state index contributed by atoms with van der Waals surface area (Å²) in [6.45, 7) is 2.53. The molecule has 1 aliphatic rings. The lowest BCUT2D eigenvalue weighted by atomic mass is 9.96. The third-order valence-electron chi connectivity index (χ3n) is 4.80. The molecule has 0 amide bonds. The maximum atomic E-state index is 10.3. The summed E-state index contributed by atoms with van der Waals surface area (Å²) in [5, 5.41) is 19.7. The van der Waals surface area contributed by atoms with Gasteiger partial charge in [0.25, 0.3) is 0 Å². The molecule has 0 radical (unpaired) electrons. The molecule has 1 unspecified atom stereocenters. The SMILES string of the molecule is OCC1(O)CCCN(Cc2ccccc2-c2ccccc2)CC1. The molecule has 0 saturated carbocycles. The molecule has 1 saturated heterocycles. The van der Waals surface area contributed by atoms with Crippen molar-refractivity contribution in [2.45, 2.75) is 31.4 Å². The first kappa shape index (κ1) is 16.2. The summed E-state index contributed by atoms with van der Waals surface area (Å²) in [6.07, 6.45) is 2.24. The fourth-order valence-electron chi connectivity index (χ4n) is 3.35. The number of likely N-dealkylation sites (tertiary alicyclic amines) is 1. The summed E-state index contributed by atoms with van der Waals surface area (Å²) in [7, 11) is 0. The van der Waals surface area contributed by atoms with Gasteiger partial charge in [-0.05, 0) is 42.5 Å². The smallest absolute Gasteiger partial charge is 0.0890 e. The minimum atomic E-state index is -0.895. The van der Waals surface area contributed by atoms with E-state index in [0.29, 0.717) is 12.8 Å². The standard InChI is InChI=1S/C20H25NO2/c22-16-20(23)11-6-13-21(14-12-20)15-18-9-4-5-10-19(18)17-7-2-1-3-8-17/h1-5,7-10,22-23H,6,11-16H2. The number of aliphatic hydroxyl groups is 2. The molecule has 1 aliphatic heterocycles. The lowest BCUT2D eigenvalue weighted by Gasteiger charge is -2.25. The van der Waals surface area contributed by atoms with E-state index in [0.717, 1.165) is 26.1 Å². The monoisotopic (exact) mass is 311 g/mol. The first-order chi connectivity index (χ1) is 11.2. The van der Waals surface area contributed by atoms with Crippen LogP contribution in [0.3, 0.4) is 0 Å². The fourth-order valence-corrected chi connectivity index (χ4v) is 3.35. The number of hydrogen-bond acceptors (Lipinski definition) is 3. The van der Waals surface area contributed by atoms with Crippen LogP contribution in [-0.2, 0) is 6.54 Å². The van der Waals surface area contributed by atoms with E-state index in [2.05, 4.69) is 53.4 Å². The van der Waals surface area contributed by atoms with Gasteiger partial charge in [0, 0.05) is 13.1 Å². The molecule has 2 aromatic rings. The predicted octanol–water partition coefficient (Wildman–Crippen LogP) is 3.06. The van der Waals surface area contributed by atoms with Crippen LogP contribution in [0.2, 0.25) is 0 Å². The van der Waals surface area contributed by atoms with Crippen LogP contribution in [0.1, 0.15) is 24.8 Å². The van der Waals surface area contributed by atoms with Crippen molar-refractivity contribution in [2.75, 3.05) is 19.7 Å². The van der Waals surface area contributed by atoms with Crippen molar-refractivity contribution in [3.8, 4) is 11.1 Å². The van der Waals surface area contributed by atoms with Gasteiger partial charge in [-0.3, -0.25) is 4.90 Å². The molecule has 2 aromatic carbocycles. The summed E-state index contributed by atoms with van der Waals surface area (Å²) >= 11 is 0. The second kappa shape index (κ2) is 7.26. The van der Waals surface area contributed by atoms with Crippen molar-refractivity contribution >= 4 is 0 Å². The summed E-state index contributed by atoms with van der Waals surface area (Å²) in [4.78, 5) is 2.38. The van der Waals surface area contributed by atoms with E-state index in [1.807, 2.05) is 6.07 Å². The maximum Gasteiger partial charge on any atom is 0.0890 e. The molecule has 0 aromatic heterocycles. The van der Waals surface area contributed by atoms with Crippen LogP contribution in [-0.4, -0.2) is 40.4 Å². The average Bonchev–Trinajstić information content (AvgIpc) is 2.79. The van der Waals surface area contributed by atoms with Crippen molar-refractivity contribution in [1.82, 2.24) is 4.90 Å². The van der Waals surface area contributed by atoms with Crippen LogP contribution in [0, 0.1) is 0 Å². The normalized spacial score (nSPS) is 22.7. The molecule has 122 valence electrons. The zero-order valence-electron chi connectivity index (χ0n) is 13.5. The van der Waals surface area contributed by atoms with Gasteiger partial charge in [0.05, 0.1) is 12.2 Å². The topological polar surface area (TPSA) is 43.7 Å². The molecule has 3 heteroatoms. The minimum absolute atomic E-state index is 0.137. The van der Waals surface area contributed by atoms with Gasteiger partial charge in [0.15, 0.2) is 0 Å². The summed E-state index contributed by atoms with van der Waals surface area (Å²) in [6, 6.07) is 19.0. The van der Waals surface area contributed by atoms with Gasteiger partial charge in [-0.2, -0.15) is 0 Å². The zero-order chi connectivity index (χ0) is 16.1. The molecule has 0 spiro atoms. The van der Waals surface area contributed by atoms with E-state index in [9.17, 15) is 10.2 Å². The van der Waals surface area contributed by atoms with Crippen molar-refractivity contribution in [3.63, 3.8) is 0 Å². The zero-order valence-corrected chi connectivity index (χ0v) is 13.5. The average molecular weight is 311 g/mol. The highest BCUT2D eigenvalue weighted by molar-refractivity contribution is 5.67. The highest BCUT2D eigenvalue weighted by Gasteiger charge is 2.29. The molecule has 1 atom stereocenters. The van der Waals surface area contributed by atoms with Crippen LogP contribution < -0.4 is 0 Å². The highest BCUT2D eigenvalue weighted by atomic mass is 16.3. The van der Waals surface area contributed by atoms with Crippen molar-refractivity contribution < 1.29 is 10.2 Å². The molecule has 0 bridgehead atoms. The van der Waals surface area contributed by atoms with E-state index < -0.39 is 5.60 Å². The third kappa shape index (κ3) is 3.99. The second-order valence-corrected chi connectivity index (χ2v) is 6.54. The van der Waals surface area contributed by atoms with Gasteiger partial charge in [0.2, 0.25) is 0 Å². The van der Waals surface area contributed by atoms with Gasteiger partial charge in [0.1, 0.15) is 0 Å². The Morgan fingerprint density at radius 1 is 0.913 bits per heavy atom. The van der Waals surface area contributed by atoms with E-state index in [4.69, 9.17) is 0 Å². The number of benzene rings is 2. The van der Waals surface area contributed by atoms with E-state index in [1.165, 1.54) is 16.7 Å². The Labute approximate surface area is 138 Å². The quantitative estimate of drug-likeness (QED) is 0.912. The molecule has 1 heterocycles. The molecule has 23 heavy (non-hydrogen) atoms. The van der Waals surface area contributed by atoms with Crippen molar-refractivity contribution in [2.24, 2.45) is 0 Å². The van der Waals surface area contributed by atoms with Gasteiger partial charge < -0.3 is 10.2 Å². The molecule has 3 nitrogen and oxygen atoms in total. The lowest BCUT2D eigenvalue weighted by molar-refractivity contribution is -0.0255. The van der Waals surface area contributed by atoms with Crippen LogP contribution in [0.25, 0.3) is 11.1 Å². The fraction of sp³-hybridized carbons (Fsp3) is 0.400. The summed E-state index contributed by atoms with van der Waals surface area (Å²) in [5.74, 6) is 0. The first-order valence-electron chi connectivity index (χ1n) is 8.39. The van der Waals surface area contributed by atoms with Gasteiger partial charge in [-0.15, -0.1) is 0 Å². The lowest BCUT2D eigenvalue weighted by Crippen LogP contribution is -2.34. The molecule has 1 fully saturated rings. The van der Waals surface area contributed by atoms with Gasteiger partial charge in [-0.25, -0.2) is 0 Å². The Kier molecular flexibility index (Phi) is 5.11. The number of nitrogens with zero attached hydrogens (tertiary/aromatic N) is 1. The first-order valence-corrected chi connectivity index (χ1v) is 8.39. The van der Waals surface area contributed by atoms with E-state index >= 15 is 0 Å². The van der Waals surface area contributed by atoms with Crippen molar-refractivity contribution in [1.29, 1.82) is 0 Å². The molecule has 3 rings (SSSR count). The second-order valence-electron chi connectivity index (χ2n) is 6.54.